The fraction of sp³-hybridized carbons (Fsp3) is 0.882. The van der Waals surface area contributed by atoms with Crippen LogP contribution in [0.25, 0.3) is 0 Å². The van der Waals surface area contributed by atoms with Gasteiger partial charge in [0.2, 0.25) is 5.91 Å². The van der Waals surface area contributed by atoms with Crippen LogP contribution in [-0.4, -0.2) is 43.8 Å². The van der Waals surface area contributed by atoms with E-state index in [0.717, 1.165) is 25.8 Å². The lowest BCUT2D eigenvalue weighted by Gasteiger charge is -2.33. The second kappa shape index (κ2) is 6.07. The third-order valence-corrected chi connectivity index (χ3v) is 5.12. The quantitative estimate of drug-likeness (QED) is 0.843. The Morgan fingerprint density at radius 3 is 2.19 bits per heavy atom. The van der Waals surface area contributed by atoms with E-state index in [4.69, 9.17) is 0 Å². The zero-order valence-corrected chi connectivity index (χ0v) is 14.1. The van der Waals surface area contributed by atoms with Crippen molar-refractivity contribution in [1.82, 2.24) is 10.2 Å². The fourth-order valence-electron chi connectivity index (χ4n) is 4.07. The van der Waals surface area contributed by atoms with E-state index < -0.39 is 0 Å². The van der Waals surface area contributed by atoms with Crippen molar-refractivity contribution >= 4 is 11.7 Å². The number of ketones is 1. The Hall–Kier alpha value is -0.900. The van der Waals surface area contributed by atoms with Crippen molar-refractivity contribution in [2.24, 2.45) is 29.1 Å². The van der Waals surface area contributed by atoms with Crippen LogP contribution < -0.4 is 5.32 Å². The first-order chi connectivity index (χ1) is 9.71. The molecule has 2 fully saturated rings. The van der Waals surface area contributed by atoms with Gasteiger partial charge in [0.25, 0.3) is 0 Å². The summed E-state index contributed by atoms with van der Waals surface area (Å²) < 4.78 is 0. The van der Waals surface area contributed by atoms with Gasteiger partial charge in [-0.05, 0) is 45.2 Å². The van der Waals surface area contributed by atoms with E-state index in [1.54, 1.807) is 0 Å². The molecule has 0 spiro atoms. The molecular formula is C17H30N2O2. The highest BCUT2D eigenvalue weighted by atomic mass is 16.2. The molecule has 0 radical (unpaired) electrons. The summed E-state index contributed by atoms with van der Waals surface area (Å²) in [6.45, 7) is 7.42. The molecule has 2 rings (SSSR count). The summed E-state index contributed by atoms with van der Waals surface area (Å²) in [7, 11) is 3.99. The van der Waals surface area contributed by atoms with Gasteiger partial charge in [0.15, 0.2) is 0 Å². The zero-order chi connectivity index (χ0) is 15.8. The Kier molecular flexibility index (Phi) is 4.76. The highest BCUT2D eigenvalue weighted by Crippen LogP contribution is 2.54. The molecule has 4 heteroatoms. The maximum Gasteiger partial charge on any atom is 0.224 e. The molecule has 4 nitrogen and oxygen atoms in total. The molecule has 2 aliphatic carbocycles. The van der Waals surface area contributed by atoms with E-state index in [1.165, 1.54) is 0 Å². The number of nitrogens with zero attached hydrogens (tertiary/aromatic N) is 1. The molecule has 1 N–H and O–H groups in total. The van der Waals surface area contributed by atoms with Crippen LogP contribution in [0.2, 0.25) is 0 Å². The number of likely N-dealkylation sites (N-methyl/N-ethyl adjacent to an activating group) is 1. The Balaban J connectivity index is 2.05. The van der Waals surface area contributed by atoms with Gasteiger partial charge in [-0.3, -0.25) is 9.59 Å². The second-order valence-corrected chi connectivity index (χ2v) is 8.09. The summed E-state index contributed by atoms with van der Waals surface area (Å²) in [4.78, 5) is 27.4. The number of hydrogen-bond donors (Lipinski definition) is 1. The highest BCUT2D eigenvalue weighted by Gasteiger charge is 2.54. The van der Waals surface area contributed by atoms with Crippen molar-refractivity contribution < 1.29 is 9.59 Å². The third-order valence-electron chi connectivity index (χ3n) is 5.12. The van der Waals surface area contributed by atoms with Crippen LogP contribution in [0, 0.1) is 29.1 Å². The molecule has 120 valence electrons. The number of fused-ring (bicyclic) bond motifs is 2. The minimum absolute atomic E-state index is 0.0527. The van der Waals surface area contributed by atoms with E-state index in [2.05, 4.69) is 10.2 Å². The topological polar surface area (TPSA) is 49.4 Å². The molecule has 1 amide bonds. The Labute approximate surface area is 128 Å². The molecule has 0 heterocycles. The van der Waals surface area contributed by atoms with Crippen molar-refractivity contribution in [2.75, 3.05) is 27.2 Å². The largest absolute Gasteiger partial charge is 0.355 e. The van der Waals surface area contributed by atoms with E-state index in [9.17, 15) is 9.59 Å². The highest BCUT2D eigenvalue weighted by molar-refractivity contribution is 5.92. The van der Waals surface area contributed by atoms with Crippen LogP contribution in [0.5, 0.6) is 0 Å². The van der Waals surface area contributed by atoms with Gasteiger partial charge in [-0.1, -0.05) is 20.8 Å². The molecule has 4 atom stereocenters. The molecule has 21 heavy (non-hydrogen) atoms. The monoisotopic (exact) mass is 294 g/mol. The number of amides is 1. The Bertz CT molecular complexity index is 412. The van der Waals surface area contributed by atoms with Crippen LogP contribution in [0.15, 0.2) is 0 Å². The van der Waals surface area contributed by atoms with Gasteiger partial charge >= 0.3 is 0 Å². The summed E-state index contributed by atoms with van der Waals surface area (Å²) in [6.07, 6.45) is 3.31. The van der Waals surface area contributed by atoms with E-state index in [-0.39, 0.29) is 28.9 Å². The van der Waals surface area contributed by atoms with Gasteiger partial charge in [-0.2, -0.15) is 0 Å². The van der Waals surface area contributed by atoms with Gasteiger partial charge in [0.05, 0.1) is 5.92 Å². The zero-order valence-electron chi connectivity index (χ0n) is 14.1. The second-order valence-electron chi connectivity index (χ2n) is 8.09. The molecule has 2 saturated carbocycles. The standard InChI is InChI=1S/C17H30N2O2/c1-17(2,3)15(20)13-11-6-7-12(10-11)14(13)16(21)18-8-9-19(4)5/h11-14H,6-10H2,1-5H3,(H,18,21)/t11?,12?,13-,14+/m0/s1. The third kappa shape index (κ3) is 3.47. The van der Waals surface area contributed by atoms with E-state index in [1.807, 2.05) is 34.9 Å². The minimum Gasteiger partial charge on any atom is -0.355 e. The summed E-state index contributed by atoms with van der Waals surface area (Å²) in [5.41, 5.74) is -0.350. The van der Waals surface area contributed by atoms with Crippen molar-refractivity contribution in [3.63, 3.8) is 0 Å². The summed E-state index contributed by atoms with van der Waals surface area (Å²) >= 11 is 0. The maximum absolute atomic E-state index is 12.8. The van der Waals surface area contributed by atoms with Gasteiger partial charge in [0.1, 0.15) is 5.78 Å². The van der Waals surface area contributed by atoms with Crippen LogP contribution in [-0.2, 0) is 9.59 Å². The van der Waals surface area contributed by atoms with Crippen LogP contribution >= 0.6 is 0 Å². The molecule has 0 aromatic rings. The first kappa shape index (κ1) is 16.5. The summed E-state index contributed by atoms with van der Waals surface area (Å²) in [5, 5.41) is 3.04. The van der Waals surface area contributed by atoms with Gasteiger partial charge in [-0.15, -0.1) is 0 Å². The molecule has 2 aliphatic rings. The molecular weight excluding hydrogens is 264 g/mol. The van der Waals surface area contributed by atoms with Crippen LogP contribution in [0.4, 0.5) is 0 Å². The smallest absolute Gasteiger partial charge is 0.224 e. The number of nitrogens with one attached hydrogen (secondary N) is 1. The van der Waals surface area contributed by atoms with Crippen LogP contribution in [0.3, 0.4) is 0 Å². The van der Waals surface area contributed by atoms with Gasteiger partial charge < -0.3 is 10.2 Å². The summed E-state index contributed by atoms with van der Waals surface area (Å²) in [6, 6.07) is 0. The lowest BCUT2D eigenvalue weighted by atomic mass is 9.70. The molecule has 2 bridgehead atoms. The normalized spacial score (nSPS) is 31.7. The Morgan fingerprint density at radius 1 is 1.10 bits per heavy atom. The number of hydrogen-bond acceptors (Lipinski definition) is 3. The molecule has 0 aromatic heterocycles. The number of carbonyl (C=O) groups is 2. The maximum atomic E-state index is 12.8. The molecule has 0 aliphatic heterocycles. The Morgan fingerprint density at radius 2 is 1.67 bits per heavy atom. The number of carbonyl (C=O) groups excluding carboxylic acids is 2. The number of rotatable bonds is 5. The fourth-order valence-corrected chi connectivity index (χ4v) is 4.07. The predicted octanol–water partition coefficient (Wildman–Crippen LogP) is 1.94. The predicted molar refractivity (Wildman–Crippen MR) is 83.8 cm³/mol. The lowest BCUT2D eigenvalue weighted by molar-refractivity contribution is -0.140. The average molecular weight is 294 g/mol. The number of Topliss-reactive ketones (excluding diaryl/α,β-unsaturated/α-hetero) is 1. The van der Waals surface area contributed by atoms with E-state index in [0.29, 0.717) is 18.4 Å². The average Bonchev–Trinajstić information content (AvgIpc) is 2.95. The van der Waals surface area contributed by atoms with Crippen molar-refractivity contribution in [2.45, 2.75) is 40.0 Å². The lowest BCUT2D eigenvalue weighted by Crippen LogP contribution is -2.45. The SMILES string of the molecule is CN(C)CCNC(=O)[C@@H]1C2CCC(C2)[C@@H]1C(=O)C(C)(C)C. The minimum atomic E-state index is -0.350. The first-order valence-corrected chi connectivity index (χ1v) is 8.18. The van der Waals surface area contributed by atoms with Crippen LogP contribution in [0.1, 0.15) is 40.0 Å². The van der Waals surface area contributed by atoms with Gasteiger partial charge in [0, 0.05) is 24.4 Å². The van der Waals surface area contributed by atoms with E-state index >= 15 is 0 Å². The van der Waals surface area contributed by atoms with Gasteiger partial charge in [-0.25, -0.2) is 0 Å². The molecule has 2 unspecified atom stereocenters. The summed E-state index contributed by atoms with van der Waals surface area (Å²) in [5.74, 6) is 1.10. The van der Waals surface area contributed by atoms with Crippen molar-refractivity contribution in [1.29, 1.82) is 0 Å². The first-order valence-electron chi connectivity index (χ1n) is 8.18. The van der Waals surface area contributed by atoms with Crippen molar-refractivity contribution in [3.05, 3.63) is 0 Å². The molecule has 0 saturated heterocycles. The van der Waals surface area contributed by atoms with Crippen molar-refractivity contribution in [3.8, 4) is 0 Å². The molecule has 0 aromatic carbocycles.